The van der Waals surface area contributed by atoms with Crippen LogP contribution < -0.4 is 0 Å². The second-order valence-electron chi connectivity index (χ2n) is 5.31. The molecule has 1 saturated carbocycles. The molecule has 2 fully saturated rings. The van der Waals surface area contributed by atoms with Gasteiger partial charge < -0.3 is 4.74 Å². The summed E-state index contributed by atoms with van der Waals surface area (Å²) in [4.78, 5) is 0.122. The minimum absolute atomic E-state index is 0.122. The SMILES string of the molecule is C=CC[C@]12CCC[C@]1(S[C@H](C)CC)OCC2. The summed E-state index contributed by atoms with van der Waals surface area (Å²) in [5.41, 5.74) is 0.406. The normalized spacial score (nSPS) is 39.6. The predicted molar refractivity (Wildman–Crippen MR) is 71.7 cm³/mol. The maximum absolute atomic E-state index is 6.21. The van der Waals surface area contributed by atoms with Gasteiger partial charge in [0.1, 0.15) is 4.93 Å². The fraction of sp³-hybridized carbons (Fsp3) is 0.857. The summed E-state index contributed by atoms with van der Waals surface area (Å²) >= 11 is 2.09. The zero-order chi connectivity index (χ0) is 11.6. The summed E-state index contributed by atoms with van der Waals surface area (Å²) in [5.74, 6) is 0. The number of rotatable bonds is 5. The third kappa shape index (κ3) is 1.84. The van der Waals surface area contributed by atoms with Crippen LogP contribution in [0.3, 0.4) is 0 Å². The highest BCUT2D eigenvalue weighted by atomic mass is 32.2. The van der Waals surface area contributed by atoms with E-state index in [0.717, 1.165) is 13.0 Å². The Morgan fingerprint density at radius 2 is 2.25 bits per heavy atom. The van der Waals surface area contributed by atoms with Crippen LogP contribution in [-0.2, 0) is 4.74 Å². The minimum Gasteiger partial charge on any atom is -0.364 e. The Hall–Kier alpha value is 0.0500. The summed E-state index contributed by atoms with van der Waals surface area (Å²) < 4.78 is 6.21. The molecule has 1 heterocycles. The summed E-state index contributed by atoms with van der Waals surface area (Å²) in [7, 11) is 0. The Balaban J connectivity index is 2.18. The van der Waals surface area contributed by atoms with Gasteiger partial charge in [0.05, 0.1) is 0 Å². The van der Waals surface area contributed by atoms with Crippen LogP contribution in [0.2, 0.25) is 0 Å². The summed E-state index contributed by atoms with van der Waals surface area (Å²) in [6.45, 7) is 9.50. The number of hydrogen-bond donors (Lipinski definition) is 0. The molecule has 2 heteroatoms. The number of thioether (sulfide) groups is 1. The van der Waals surface area contributed by atoms with Crippen molar-refractivity contribution in [3.8, 4) is 0 Å². The van der Waals surface area contributed by atoms with Crippen molar-refractivity contribution < 1.29 is 4.74 Å². The maximum Gasteiger partial charge on any atom is 0.119 e. The van der Waals surface area contributed by atoms with E-state index in [-0.39, 0.29) is 4.93 Å². The molecule has 3 atom stereocenters. The first-order chi connectivity index (χ1) is 7.68. The largest absolute Gasteiger partial charge is 0.364 e. The van der Waals surface area contributed by atoms with E-state index in [0.29, 0.717) is 10.7 Å². The molecule has 0 bridgehead atoms. The first-order valence-electron chi connectivity index (χ1n) is 6.61. The predicted octanol–water partition coefficient (Wildman–Crippen LogP) is 4.38. The van der Waals surface area contributed by atoms with Crippen molar-refractivity contribution in [2.75, 3.05) is 6.61 Å². The maximum atomic E-state index is 6.21. The second kappa shape index (κ2) is 4.73. The van der Waals surface area contributed by atoms with Gasteiger partial charge in [0.25, 0.3) is 0 Å². The van der Waals surface area contributed by atoms with E-state index >= 15 is 0 Å². The topological polar surface area (TPSA) is 9.23 Å². The van der Waals surface area contributed by atoms with Crippen LogP contribution in [0, 0.1) is 5.41 Å². The highest BCUT2D eigenvalue weighted by molar-refractivity contribution is 8.01. The first kappa shape index (κ1) is 12.5. The molecule has 16 heavy (non-hydrogen) atoms. The molecule has 0 aromatic heterocycles. The molecule has 0 amide bonds. The van der Waals surface area contributed by atoms with E-state index in [1.807, 2.05) is 0 Å². The lowest BCUT2D eigenvalue weighted by Crippen LogP contribution is -2.38. The van der Waals surface area contributed by atoms with Crippen molar-refractivity contribution in [2.45, 2.75) is 62.6 Å². The Bertz CT molecular complexity index is 251. The average molecular weight is 240 g/mol. The van der Waals surface area contributed by atoms with Gasteiger partial charge in [0, 0.05) is 17.3 Å². The molecule has 1 nitrogen and oxygen atoms in total. The molecular formula is C14H24OS. The van der Waals surface area contributed by atoms with Gasteiger partial charge >= 0.3 is 0 Å². The molecule has 2 aliphatic rings. The van der Waals surface area contributed by atoms with Crippen molar-refractivity contribution in [3.63, 3.8) is 0 Å². The molecule has 92 valence electrons. The molecular weight excluding hydrogens is 216 g/mol. The third-order valence-corrected chi connectivity index (χ3v) is 6.26. The van der Waals surface area contributed by atoms with Crippen molar-refractivity contribution in [1.82, 2.24) is 0 Å². The summed E-state index contributed by atoms with van der Waals surface area (Å²) in [6.07, 6.45) is 9.63. The van der Waals surface area contributed by atoms with Crippen molar-refractivity contribution in [1.29, 1.82) is 0 Å². The number of hydrogen-bond acceptors (Lipinski definition) is 2. The fourth-order valence-electron chi connectivity index (χ4n) is 3.33. The molecule has 1 aliphatic carbocycles. The van der Waals surface area contributed by atoms with Gasteiger partial charge in [-0.1, -0.05) is 19.9 Å². The molecule has 2 rings (SSSR count). The zero-order valence-electron chi connectivity index (χ0n) is 10.6. The van der Waals surface area contributed by atoms with E-state index in [1.165, 1.54) is 32.1 Å². The quantitative estimate of drug-likeness (QED) is 0.659. The molecule has 0 aromatic carbocycles. The smallest absolute Gasteiger partial charge is 0.119 e. The van der Waals surface area contributed by atoms with Crippen molar-refractivity contribution in [3.05, 3.63) is 12.7 Å². The number of fused-ring (bicyclic) bond motifs is 1. The van der Waals surface area contributed by atoms with Gasteiger partial charge in [0.2, 0.25) is 0 Å². The third-order valence-electron chi connectivity index (χ3n) is 4.39. The van der Waals surface area contributed by atoms with Gasteiger partial charge in [-0.05, 0) is 38.5 Å². The Kier molecular flexibility index (Phi) is 3.70. The molecule has 0 spiro atoms. The molecule has 0 unspecified atom stereocenters. The van der Waals surface area contributed by atoms with Crippen LogP contribution in [-0.4, -0.2) is 16.8 Å². The second-order valence-corrected chi connectivity index (χ2v) is 7.01. The minimum atomic E-state index is 0.122. The summed E-state index contributed by atoms with van der Waals surface area (Å²) in [5, 5.41) is 0.709. The lowest BCUT2D eigenvalue weighted by molar-refractivity contribution is 0.0382. The molecule has 0 N–H and O–H groups in total. The van der Waals surface area contributed by atoms with Gasteiger partial charge in [-0.2, -0.15) is 0 Å². The highest BCUT2D eigenvalue weighted by Crippen LogP contribution is 2.63. The molecule has 0 aromatic rings. The lowest BCUT2D eigenvalue weighted by Gasteiger charge is -2.39. The van der Waals surface area contributed by atoms with Gasteiger partial charge in [0.15, 0.2) is 0 Å². The van der Waals surface area contributed by atoms with Gasteiger partial charge in [-0.25, -0.2) is 0 Å². The van der Waals surface area contributed by atoms with Crippen LogP contribution in [0.15, 0.2) is 12.7 Å². The van der Waals surface area contributed by atoms with Crippen LogP contribution >= 0.6 is 11.8 Å². The Morgan fingerprint density at radius 3 is 2.94 bits per heavy atom. The fourth-order valence-corrected chi connectivity index (χ4v) is 5.10. The van der Waals surface area contributed by atoms with Gasteiger partial charge in [-0.3, -0.25) is 0 Å². The van der Waals surface area contributed by atoms with Crippen molar-refractivity contribution in [2.24, 2.45) is 5.41 Å². The van der Waals surface area contributed by atoms with Crippen LogP contribution in [0.4, 0.5) is 0 Å². The number of allylic oxidation sites excluding steroid dienone is 1. The van der Waals surface area contributed by atoms with Crippen LogP contribution in [0.5, 0.6) is 0 Å². The molecule has 0 radical (unpaired) electrons. The van der Waals surface area contributed by atoms with E-state index in [9.17, 15) is 0 Å². The Labute approximate surface area is 104 Å². The van der Waals surface area contributed by atoms with Crippen LogP contribution in [0.25, 0.3) is 0 Å². The van der Waals surface area contributed by atoms with Crippen molar-refractivity contribution >= 4 is 11.8 Å². The van der Waals surface area contributed by atoms with Gasteiger partial charge in [-0.15, -0.1) is 18.3 Å². The van der Waals surface area contributed by atoms with E-state index in [4.69, 9.17) is 4.74 Å². The highest BCUT2D eigenvalue weighted by Gasteiger charge is 2.59. The van der Waals surface area contributed by atoms with E-state index < -0.39 is 0 Å². The van der Waals surface area contributed by atoms with E-state index in [2.05, 4.69) is 38.3 Å². The molecule has 1 saturated heterocycles. The number of ether oxygens (including phenoxy) is 1. The molecule has 1 aliphatic heterocycles. The lowest BCUT2D eigenvalue weighted by atomic mass is 9.79. The summed E-state index contributed by atoms with van der Waals surface area (Å²) in [6, 6.07) is 0. The zero-order valence-corrected chi connectivity index (χ0v) is 11.4. The van der Waals surface area contributed by atoms with Crippen LogP contribution in [0.1, 0.15) is 52.4 Å². The van der Waals surface area contributed by atoms with E-state index in [1.54, 1.807) is 0 Å². The first-order valence-corrected chi connectivity index (χ1v) is 7.49. The average Bonchev–Trinajstić information content (AvgIpc) is 2.72. The standard InChI is InChI=1S/C14H24OS/c1-4-7-13-8-6-9-14(13,15-11-10-13)16-12(3)5-2/h4,12H,1,5-11H2,2-3H3/t12-,13-,14-/m1/s1. The monoisotopic (exact) mass is 240 g/mol. The Morgan fingerprint density at radius 1 is 1.44 bits per heavy atom.